The molecule has 0 radical (unpaired) electrons. The summed E-state index contributed by atoms with van der Waals surface area (Å²) in [4.78, 5) is 12.1. The van der Waals surface area contributed by atoms with Crippen molar-refractivity contribution in [3.05, 3.63) is 52.3 Å². The van der Waals surface area contributed by atoms with Crippen molar-refractivity contribution in [1.82, 2.24) is 0 Å². The highest BCUT2D eigenvalue weighted by Crippen LogP contribution is 2.39. The number of benzene rings is 2. The maximum Gasteiger partial charge on any atom is 0.347 e. The average molecular weight is 328 g/mol. The Kier molecular flexibility index (Phi) is 3.36. The van der Waals surface area contributed by atoms with E-state index in [-0.39, 0.29) is 27.1 Å². The first-order valence-electron chi connectivity index (χ1n) is 5.82. The van der Waals surface area contributed by atoms with Crippen LogP contribution < -0.4 is 15.5 Å². The number of nitrogens with zero attached hydrogens (tertiary/aromatic N) is 2. The minimum atomic E-state index is -0.728. The van der Waals surface area contributed by atoms with Crippen LogP contribution >= 0.6 is 23.2 Å². The SMILES string of the molecule is O=C1Nc2cc(Cl)c(Cl)cc2N(O)N1c1ccccc1F. The molecule has 3 rings (SSSR count). The largest absolute Gasteiger partial charge is 0.347 e. The van der Waals surface area contributed by atoms with Gasteiger partial charge >= 0.3 is 6.03 Å². The Hall–Kier alpha value is -2.02. The lowest BCUT2D eigenvalue weighted by atomic mass is 10.2. The third kappa shape index (κ3) is 2.27. The summed E-state index contributed by atoms with van der Waals surface area (Å²) >= 11 is 11.8. The van der Waals surface area contributed by atoms with Gasteiger partial charge in [-0.2, -0.15) is 10.2 Å². The number of amides is 2. The first-order valence-corrected chi connectivity index (χ1v) is 6.58. The number of rotatable bonds is 1. The highest BCUT2D eigenvalue weighted by Gasteiger charge is 2.32. The Labute approximate surface area is 129 Å². The molecule has 2 aromatic rings. The summed E-state index contributed by atoms with van der Waals surface area (Å²) in [5.74, 6) is -0.657. The zero-order valence-electron chi connectivity index (χ0n) is 10.3. The van der Waals surface area contributed by atoms with Crippen LogP contribution in [0.4, 0.5) is 26.2 Å². The van der Waals surface area contributed by atoms with E-state index in [0.717, 1.165) is 5.01 Å². The van der Waals surface area contributed by atoms with Crippen molar-refractivity contribution < 1.29 is 14.4 Å². The van der Waals surface area contributed by atoms with Crippen LogP contribution in [0.5, 0.6) is 0 Å². The lowest BCUT2D eigenvalue weighted by molar-refractivity contribution is 0.220. The second kappa shape index (κ2) is 5.07. The highest BCUT2D eigenvalue weighted by atomic mass is 35.5. The Morgan fingerprint density at radius 1 is 1.10 bits per heavy atom. The van der Waals surface area contributed by atoms with Crippen molar-refractivity contribution in [2.75, 3.05) is 15.5 Å². The summed E-state index contributed by atoms with van der Waals surface area (Å²) in [6, 6.07) is 7.61. The molecule has 0 aliphatic carbocycles. The van der Waals surface area contributed by atoms with Crippen molar-refractivity contribution in [2.24, 2.45) is 0 Å². The second-order valence-electron chi connectivity index (χ2n) is 4.27. The van der Waals surface area contributed by atoms with Gasteiger partial charge in [-0.25, -0.2) is 9.18 Å². The first-order chi connectivity index (χ1) is 9.99. The molecule has 0 saturated carbocycles. The summed E-state index contributed by atoms with van der Waals surface area (Å²) in [5.41, 5.74) is 0.339. The van der Waals surface area contributed by atoms with Crippen molar-refractivity contribution in [2.45, 2.75) is 0 Å². The Balaban J connectivity index is 2.11. The van der Waals surface area contributed by atoms with Crippen LogP contribution in [0.25, 0.3) is 0 Å². The monoisotopic (exact) mass is 327 g/mol. The molecule has 108 valence electrons. The molecule has 2 aromatic carbocycles. The molecule has 2 amide bonds. The summed E-state index contributed by atoms with van der Waals surface area (Å²) in [5, 5.41) is 14.4. The fourth-order valence-corrected chi connectivity index (χ4v) is 2.32. The average Bonchev–Trinajstić information content (AvgIpc) is 2.43. The summed E-state index contributed by atoms with van der Waals surface area (Å²) in [7, 11) is 0. The zero-order valence-corrected chi connectivity index (χ0v) is 11.9. The fraction of sp³-hybridized carbons (Fsp3) is 0. The quantitative estimate of drug-likeness (QED) is 0.821. The van der Waals surface area contributed by atoms with E-state index in [0.29, 0.717) is 5.17 Å². The standard InChI is InChI=1S/C13H8Cl2FN3O2/c14-7-5-10-12(6-8(7)15)19(21)18(13(20)17-10)11-4-2-1-3-9(11)16/h1-6,21H,(H,17,20). The molecule has 21 heavy (non-hydrogen) atoms. The summed E-state index contributed by atoms with van der Waals surface area (Å²) in [6.07, 6.45) is 0. The topological polar surface area (TPSA) is 55.8 Å². The molecular weight excluding hydrogens is 320 g/mol. The Morgan fingerprint density at radius 2 is 1.76 bits per heavy atom. The number of fused-ring (bicyclic) bond motifs is 1. The molecular formula is C13H8Cl2FN3O2. The molecule has 1 heterocycles. The van der Waals surface area contributed by atoms with Crippen LogP contribution in [0.2, 0.25) is 10.0 Å². The lowest BCUT2D eigenvalue weighted by Crippen LogP contribution is -2.51. The summed E-state index contributed by atoms with van der Waals surface area (Å²) in [6.45, 7) is 0. The van der Waals surface area contributed by atoms with Crippen LogP contribution in [0.15, 0.2) is 36.4 Å². The maximum absolute atomic E-state index is 13.8. The minimum absolute atomic E-state index is 0.103. The number of para-hydroxylation sites is 1. The van der Waals surface area contributed by atoms with Crippen LogP contribution in [0.1, 0.15) is 0 Å². The second-order valence-corrected chi connectivity index (χ2v) is 5.08. The van der Waals surface area contributed by atoms with Gasteiger partial charge in [0.25, 0.3) is 0 Å². The Bertz CT molecular complexity index is 741. The van der Waals surface area contributed by atoms with Crippen LogP contribution in [0.3, 0.4) is 0 Å². The molecule has 8 heteroatoms. The molecule has 1 aliphatic heterocycles. The smallest absolute Gasteiger partial charge is 0.304 e. The third-order valence-corrected chi connectivity index (χ3v) is 3.68. The molecule has 0 saturated heterocycles. The lowest BCUT2D eigenvalue weighted by Gasteiger charge is -2.36. The van der Waals surface area contributed by atoms with Gasteiger partial charge in [0.15, 0.2) is 0 Å². The van der Waals surface area contributed by atoms with E-state index in [9.17, 15) is 14.4 Å². The van der Waals surface area contributed by atoms with E-state index in [2.05, 4.69) is 5.32 Å². The number of carbonyl (C=O) groups excluding carboxylic acids is 1. The normalized spacial score (nSPS) is 14.0. The van der Waals surface area contributed by atoms with Gasteiger partial charge in [-0.3, -0.25) is 5.21 Å². The molecule has 0 spiro atoms. The van der Waals surface area contributed by atoms with Gasteiger partial charge in [0.1, 0.15) is 17.2 Å². The van der Waals surface area contributed by atoms with Gasteiger partial charge in [0.05, 0.1) is 15.7 Å². The van der Waals surface area contributed by atoms with Crippen molar-refractivity contribution in [3.8, 4) is 0 Å². The molecule has 2 N–H and O–H groups in total. The highest BCUT2D eigenvalue weighted by molar-refractivity contribution is 6.42. The molecule has 0 atom stereocenters. The number of halogens is 3. The van der Waals surface area contributed by atoms with E-state index in [4.69, 9.17) is 23.2 Å². The summed E-state index contributed by atoms with van der Waals surface area (Å²) < 4.78 is 13.8. The van der Waals surface area contributed by atoms with Crippen LogP contribution in [0, 0.1) is 5.82 Å². The number of hydrogen-bond donors (Lipinski definition) is 2. The number of hydrazine groups is 1. The number of nitrogens with one attached hydrogen (secondary N) is 1. The fourth-order valence-electron chi connectivity index (χ4n) is 2.00. The van der Waals surface area contributed by atoms with Gasteiger partial charge in [-0.05, 0) is 24.3 Å². The van der Waals surface area contributed by atoms with Crippen LogP contribution in [-0.4, -0.2) is 11.2 Å². The number of carbonyl (C=O) groups is 1. The predicted octanol–water partition coefficient (Wildman–Crippen LogP) is 4.30. The van der Waals surface area contributed by atoms with Gasteiger partial charge in [-0.15, -0.1) is 0 Å². The van der Waals surface area contributed by atoms with E-state index >= 15 is 0 Å². The molecule has 0 bridgehead atoms. The van der Waals surface area contributed by atoms with Gasteiger partial charge in [0, 0.05) is 0 Å². The Morgan fingerprint density at radius 3 is 2.48 bits per heavy atom. The first kappa shape index (κ1) is 13.9. The van der Waals surface area contributed by atoms with Crippen molar-refractivity contribution >= 4 is 46.3 Å². The molecule has 5 nitrogen and oxygen atoms in total. The minimum Gasteiger partial charge on any atom is -0.304 e. The third-order valence-electron chi connectivity index (χ3n) is 2.96. The van der Waals surface area contributed by atoms with Gasteiger partial charge < -0.3 is 5.32 Å². The molecule has 1 aliphatic rings. The predicted molar refractivity (Wildman–Crippen MR) is 78.6 cm³/mol. The number of hydrogen-bond acceptors (Lipinski definition) is 3. The molecule has 0 aromatic heterocycles. The maximum atomic E-state index is 13.8. The molecule has 0 fully saturated rings. The van der Waals surface area contributed by atoms with Gasteiger partial charge in [0.2, 0.25) is 0 Å². The zero-order chi connectivity index (χ0) is 15.1. The van der Waals surface area contributed by atoms with E-state index in [1.807, 2.05) is 0 Å². The van der Waals surface area contributed by atoms with E-state index in [1.165, 1.54) is 30.3 Å². The van der Waals surface area contributed by atoms with Crippen LogP contribution in [-0.2, 0) is 0 Å². The molecule has 0 unspecified atom stereocenters. The van der Waals surface area contributed by atoms with Gasteiger partial charge in [-0.1, -0.05) is 35.3 Å². The van der Waals surface area contributed by atoms with Crippen molar-refractivity contribution in [3.63, 3.8) is 0 Å². The van der Waals surface area contributed by atoms with Crippen molar-refractivity contribution in [1.29, 1.82) is 0 Å². The van der Waals surface area contributed by atoms with E-state index < -0.39 is 11.8 Å². The number of anilines is 3. The van der Waals surface area contributed by atoms with E-state index in [1.54, 1.807) is 6.07 Å². The number of urea groups is 1.